The first-order valence-electron chi connectivity index (χ1n) is 12.9. The number of methoxy groups -OCH3 is 1. The Labute approximate surface area is 212 Å². The van der Waals surface area contributed by atoms with E-state index in [2.05, 4.69) is 20.9 Å². The van der Waals surface area contributed by atoms with Crippen molar-refractivity contribution < 1.29 is 19.0 Å². The number of fused-ring (bicyclic) bond motifs is 1. The molecular weight excluding hydrogens is 456 g/mol. The Hall–Kier alpha value is -3.07. The lowest BCUT2D eigenvalue weighted by atomic mass is 9.92. The fourth-order valence-electron chi connectivity index (χ4n) is 5.00. The summed E-state index contributed by atoms with van der Waals surface area (Å²) in [5.41, 5.74) is 11.3. The normalized spacial score (nSPS) is 16.7. The van der Waals surface area contributed by atoms with Crippen LogP contribution in [0.4, 0.5) is 5.69 Å². The zero-order valence-corrected chi connectivity index (χ0v) is 21.0. The third kappa shape index (κ3) is 5.21. The Bertz CT molecular complexity index is 1180. The standard InChI is InChI=1S/C28H36N4O4/c1-34-17-18-36-23-9-10-24-25(19-23)32(22-3-2-4-22)27(26(24)29)20-5-7-21(8-6-20)28(33)30-11-12-31-13-15-35-16-14-31/h5-10,19,22H,2-4,11-18,29H2,1H3,(H,30,33). The van der Waals surface area contributed by atoms with Gasteiger partial charge in [-0.2, -0.15) is 0 Å². The number of rotatable bonds is 10. The molecule has 1 aliphatic heterocycles. The van der Waals surface area contributed by atoms with E-state index in [1.54, 1.807) is 7.11 Å². The van der Waals surface area contributed by atoms with Crippen LogP contribution in [0.5, 0.6) is 5.75 Å². The molecule has 2 heterocycles. The van der Waals surface area contributed by atoms with E-state index >= 15 is 0 Å². The molecule has 8 nitrogen and oxygen atoms in total. The molecule has 1 aromatic heterocycles. The maximum atomic E-state index is 12.7. The quantitative estimate of drug-likeness (QED) is 0.420. The molecule has 36 heavy (non-hydrogen) atoms. The summed E-state index contributed by atoms with van der Waals surface area (Å²) in [5, 5.41) is 4.07. The summed E-state index contributed by atoms with van der Waals surface area (Å²) in [7, 11) is 1.67. The number of carbonyl (C=O) groups is 1. The van der Waals surface area contributed by atoms with E-state index in [9.17, 15) is 4.79 Å². The summed E-state index contributed by atoms with van der Waals surface area (Å²) >= 11 is 0. The number of nitrogens with two attached hydrogens (primary N) is 1. The molecule has 5 rings (SSSR count). The first-order chi connectivity index (χ1) is 17.7. The van der Waals surface area contributed by atoms with Gasteiger partial charge in [0.25, 0.3) is 5.91 Å². The molecule has 1 saturated heterocycles. The van der Waals surface area contributed by atoms with Gasteiger partial charge in [-0.1, -0.05) is 12.1 Å². The largest absolute Gasteiger partial charge is 0.491 e. The second-order valence-electron chi connectivity index (χ2n) is 9.52. The summed E-state index contributed by atoms with van der Waals surface area (Å²) in [6, 6.07) is 14.3. The fourth-order valence-corrected chi connectivity index (χ4v) is 5.00. The number of benzene rings is 2. The molecule has 8 heteroatoms. The van der Waals surface area contributed by atoms with Crippen LogP contribution in [-0.2, 0) is 9.47 Å². The molecule has 2 aromatic carbocycles. The summed E-state index contributed by atoms with van der Waals surface area (Å²) < 4.78 is 18.7. The highest BCUT2D eigenvalue weighted by molar-refractivity contribution is 6.02. The highest BCUT2D eigenvalue weighted by atomic mass is 16.5. The SMILES string of the molecule is COCCOc1ccc2c(N)c(-c3ccc(C(=O)NCCN4CCOCC4)cc3)n(C3CCC3)c2c1. The monoisotopic (exact) mass is 492 g/mol. The van der Waals surface area contributed by atoms with Gasteiger partial charge >= 0.3 is 0 Å². The molecule has 192 valence electrons. The predicted molar refractivity (Wildman–Crippen MR) is 142 cm³/mol. The number of hydrogen-bond donors (Lipinski definition) is 2. The highest BCUT2D eigenvalue weighted by Gasteiger charge is 2.27. The van der Waals surface area contributed by atoms with E-state index in [1.165, 1.54) is 6.42 Å². The van der Waals surface area contributed by atoms with Crippen LogP contribution in [0.2, 0.25) is 0 Å². The first-order valence-corrected chi connectivity index (χ1v) is 12.9. The topological polar surface area (TPSA) is 91.0 Å². The Morgan fingerprint density at radius 3 is 2.58 bits per heavy atom. The molecule has 1 amide bonds. The highest BCUT2D eigenvalue weighted by Crippen LogP contribution is 2.44. The summed E-state index contributed by atoms with van der Waals surface area (Å²) in [6.45, 7) is 5.87. The minimum atomic E-state index is -0.0554. The van der Waals surface area contributed by atoms with E-state index in [1.807, 2.05) is 36.4 Å². The number of ether oxygens (including phenoxy) is 3. The van der Waals surface area contributed by atoms with E-state index in [4.69, 9.17) is 19.9 Å². The molecule has 2 aliphatic rings. The van der Waals surface area contributed by atoms with E-state index in [0.717, 1.165) is 79.3 Å². The second kappa shape index (κ2) is 11.3. The van der Waals surface area contributed by atoms with Crippen LogP contribution in [0.25, 0.3) is 22.2 Å². The number of nitrogens with one attached hydrogen (secondary N) is 1. The number of hydrogen-bond acceptors (Lipinski definition) is 6. The molecule has 1 saturated carbocycles. The molecule has 2 fully saturated rings. The molecule has 3 N–H and O–H groups in total. The molecule has 3 aromatic rings. The van der Waals surface area contributed by atoms with Crippen molar-refractivity contribution in [2.75, 3.05) is 65.5 Å². The van der Waals surface area contributed by atoms with Gasteiger partial charge in [0, 0.05) is 61.9 Å². The molecule has 0 bridgehead atoms. The van der Waals surface area contributed by atoms with E-state index < -0.39 is 0 Å². The second-order valence-corrected chi connectivity index (χ2v) is 9.52. The third-order valence-electron chi connectivity index (χ3n) is 7.25. The van der Waals surface area contributed by atoms with Crippen molar-refractivity contribution in [3.05, 3.63) is 48.0 Å². The lowest BCUT2D eigenvalue weighted by Crippen LogP contribution is -2.41. The zero-order valence-electron chi connectivity index (χ0n) is 21.0. The van der Waals surface area contributed by atoms with Gasteiger partial charge in [0.2, 0.25) is 0 Å². The Morgan fingerprint density at radius 2 is 1.89 bits per heavy atom. The van der Waals surface area contributed by atoms with Crippen molar-refractivity contribution >= 4 is 22.5 Å². The number of anilines is 1. The van der Waals surface area contributed by atoms with Crippen LogP contribution in [0.1, 0.15) is 35.7 Å². The Morgan fingerprint density at radius 1 is 1.11 bits per heavy atom. The van der Waals surface area contributed by atoms with Gasteiger partial charge in [-0.3, -0.25) is 9.69 Å². The lowest BCUT2D eigenvalue weighted by molar-refractivity contribution is 0.0383. The number of amides is 1. The predicted octanol–water partition coefficient (Wildman–Crippen LogP) is 3.70. The molecule has 0 atom stereocenters. The van der Waals surface area contributed by atoms with Crippen molar-refractivity contribution in [2.24, 2.45) is 0 Å². The minimum Gasteiger partial charge on any atom is -0.491 e. The number of morpholine rings is 1. The average molecular weight is 493 g/mol. The fraction of sp³-hybridized carbons (Fsp3) is 0.464. The Kier molecular flexibility index (Phi) is 7.75. The van der Waals surface area contributed by atoms with Gasteiger partial charge in [-0.05, 0) is 43.5 Å². The Balaban J connectivity index is 1.35. The number of aromatic nitrogens is 1. The van der Waals surface area contributed by atoms with Crippen molar-refractivity contribution in [1.29, 1.82) is 0 Å². The number of nitrogens with zero attached hydrogens (tertiary/aromatic N) is 2. The molecular formula is C28H36N4O4. The summed E-state index contributed by atoms with van der Waals surface area (Å²) in [6.07, 6.45) is 3.49. The lowest BCUT2D eigenvalue weighted by Gasteiger charge is -2.30. The number of nitrogen functional groups attached to an aromatic ring is 1. The third-order valence-corrected chi connectivity index (χ3v) is 7.25. The molecule has 0 spiro atoms. The van der Waals surface area contributed by atoms with Crippen molar-refractivity contribution in [2.45, 2.75) is 25.3 Å². The van der Waals surface area contributed by atoms with Gasteiger partial charge in [0.1, 0.15) is 12.4 Å². The summed E-state index contributed by atoms with van der Waals surface area (Å²) in [4.78, 5) is 15.0. The minimum absolute atomic E-state index is 0.0554. The van der Waals surface area contributed by atoms with Gasteiger partial charge in [0.05, 0.1) is 36.7 Å². The first kappa shape index (κ1) is 24.6. The molecule has 0 radical (unpaired) electrons. The van der Waals surface area contributed by atoms with E-state index in [0.29, 0.717) is 31.4 Å². The van der Waals surface area contributed by atoms with Crippen LogP contribution >= 0.6 is 0 Å². The van der Waals surface area contributed by atoms with Crippen molar-refractivity contribution in [1.82, 2.24) is 14.8 Å². The summed E-state index contributed by atoms with van der Waals surface area (Å²) in [5.74, 6) is 0.758. The van der Waals surface area contributed by atoms with Crippen LogP contribution in [0, 0.1) is 0 Å². The van der Waals surface area contributed by atoms with E-state index in [-0.39, 0.29) is 5.91 Å². The maximum Gasteiger partial charge on any atom is 0.251 e. The molecule has 1 aliphatic carbocycles. The van der Waals surface area contributed by atoms with Crippen LogP contribution < -0.4 is 15.8 Å². The maximum absolute atomic E-state index is 12.7. The van der Waals surface area contributed by atoms with Gasteiger partial charge < -0.3 is 29.8 Å². The zero-order chi connectivity index (χ0) is 24.9. The van der Waals surface area contributed by atoms with Gasteiger partial charge in [-0.25, -0.2) is 0 Å². The van der Waals surface area contributed by atoms with Crippen LogP contribution in [0.3, 0.4) is 0 Å². The van der Waals surface area contributed by atoms with Crippen molar-refractivity contribution in [3.63, 3.8) is 0 Å². The van der Waals surface area contributed by atoms with Gasteiger partial charge in [0.15, 0.2) is 0 Å². The number of carbonyl (C=O) groups excluding carboxylic acids is 1. The van der Waals surface area contributed by atoms with Crippen molar-refractivity contribution in [3.8, 4) is 17.0 Å². The molecule has 0 unspecified atom stereocenters. The van der Waals surface area contributed by atoms with Gasteiger partial charge in [-0.15, -0.1) is 0 Å². The average Bonchev–Trinajstić information content (AvgIpc) is 3.15. The smallest absolute Gasteiger partial charge is 0.251 e. The van der Waals surface area contributed by atoms with Crippen LogP contribution in [-0.4, -0.2) is 75.1 Å². The van der Waals surface area contributed by atoms with Crippen LogP contribution in [0.15, 0.2) is 42.5 Å².